The van der Waals surface area contributed by atoms with E-state index in [1.807, 2.05) is 9.80 Å². The van der Waals surface area contributed by atoms with Crippen LogP contribution in [0.4, 0.5) is 0 Å². The Hall–Kier alpha value is -3.07. The second-order valence-electron chi connectivity index (χ2n) is 8.21. The molecule has 9 heteroatoms. The summed E-state index contributed by atoms with van der Waals surface area (Å²) in [6, 6.07) is 10.5. The van der Waals surface area contributed by atoms with E-state index in [0.717, 1.165) is 5.75 Å². The number of hydrogen-bond acceptors (Lipinski definition) is 7. The number of amides is 2. The van der Waals surface area contributed by atoms with Crippen molar-refractivity contribution in [2.24, 2.45) is 0 Å². The quantitative estimate of drug-likeness (QED) is 0.618. The van der Waals surface area contributed by atoms with E-state index in [2.05, 4.69) is 0 Å². The van der Waals surface area contributed by atoms with Crippen molar-refractivity contribution in [1.82, 2.24) is 9.80 Å². The van der Waals surface area contributed by atoms with Gasteiger partial charge in [0, 0.05) is 43.1 Å². The number of methoxy groups -OCH3 is 4. The van der Waals surface area contributed by atoms with Crippen LogP contribution in [0.3, 0.4) is 0 Å². The Labute approximate surface area is 204 Å². The summed E-state index contributed by atoms with van der Waals surface area (Å²) in [5.74, 6) is 3.04. The molecule has 0 aromatic heterocycles. The fraction of sp³-hybridized carbons (Fsp3) is 0.440. The molecular formula is C25H30N2O6S. The predicted molar refractivity (Wildman–Crippen MR) is 130 cm³/mol. The Balaban J connectivity index is 1.50. The van der Waals surface area contributed by atoms with Gasteiger partial charge in [0.15, 0.2) is 0 Å². The molecule has 0 bridgehead atoms. The molecule has 2 aliphatic rings. The lowest BCUT2D eigenvalue weighted by molar-refractivity contribution is 0.0496. The van der Waals surface area contributed by atoms with E-state index in [9.17, 15) is 9.59 Å². The van der Waals surface area contributed by atoms with Crippen molar-refractivity contribution in [3.8, 4) is 23.0 Å². The van der Waals surface area contributed by atoms with Crippen molar-refractivity contribution in [2.45, 2.75) is 17.7 Å². The van der Waals surface area contributed by atoms with E-state index < -0.39 is 0 Å². The third-order valence-electron chi connectivity index (χ3n) is 6.49. The molecule has 34 heavy (non-hydrogen) atoms. The zero-order valence-corrected chi connectivity index (χ0v) is 20.8. The zero-order valence-electron chi connectivity index (χ0n) is 20.0. The van der Waals surface area contributed by atoms with Gasteiger partial charge in [-0.1, -0.05) is 0 Å². The SMILES string of the molecule is COc1cc(OC)cc(C(=O)N2CCSC23CCN(C(=O)c2ccc(OC)cc2OC)CC3)c1. The molecule has 1 spiro atoms. The van der Waals surface area contributed by atoms with Gasteiger partial charge in [-0.25, -0.2) is 0 Å². The monoisotopic (exact) mass is 486 g/mol. The minimum absolute atomic E-state index is 0.0428. The number of rotatable bonds is 6. The van der Waals surface area contributed by atoms with Gasteiger partial charge in [-0.2, -0.15) is 0 Å². The first kappa shape index (κ1) is 24.1. The van der Waals surface area contributed by atoms with Crippen molar-refractivity contribution in [3.63, 3.8) is 0 Å². The molecule has 2 heterocycles. The van der Waals surface area contributed by atoms with Crippen LogP contribution in [0.5, 0.6) is 23.0 Å². The van der Waals surface area contributed by atoms with Gasteiger partial charge in [0.25, 0.3) is 11.8 Å². The van der Waals surface area contributed by atoms with Crippen molar-refractivity contribution in [2.75, 3.05) is 53.8 Å². The number of nitrogens with zero attached hydrogens (tertiary/aromatic N) is 2. The third-order valence-corrected chi connectivity index (χ3v) is 8.04. The summed E-state index contributed by atoms with van der Waals surface area (Å²) in [6.07, 6.45) is 1.41. The van der Waals surface area contributed by atoms with Gasteiger partial charge >= 0.3 is 0 Å². The van der Waals surface area contributed by atoms with Crippen LogP contribution in [0.2, 0.25) is 0 Å². The molecule has 8 nitrogen and oxygen atoms in total. The molecule has 2 aromatic rings. The Morgan fingerprint density at radius 3 is 2.03 bits per heavy atom. The lowest BCUT2D eigenvalue weighted by Crippen LogP contribution is -2.53. The van der Waals surface area contributed by atoms with Crippen LogP contribution in [-0.4, -0.2) is 80.3 Å². The van der Waals surface area contributed by atoms with Gasteiger partial charge in [0.2, 0.25) is 0 Å². The number of carbonyl (C=O) groups excluding carboxylic acids is 2. The highest BCUT2D eigenvalue weighted by Crippen LogP contribution is 2.45. The van der Waals surface area contributed by atoms with Crippen LogP contribution in [0.15, 0.2) is 36.4 Å². The van der Waals surface area contributed by atoms with Crippen molar-refractivity contribution < 1.29 is 28.5 Å². The number of hydrogen-bond donors (Lipinski definition) is 0. The van der Waals surface area contributed by atoms with Crippen molar-refractivity contribution >= 4 is 23.6 Å². The van der Waals surface area contributed by atoms with Crippen LogP contribution in [0, 0.1) is 0 Å². The second-order valence-corrected chi connectivity index (χ2v) is 9.67. The molecule has 4 rings (SSSR count). The van der Waals surface area contributed by atoms with Gasteiger partial charge in [0.1, 0.15) is 23.0 Å². The Bertz CT molecular complexity index is 1050. The molecule has 0 atom stereocenters. The highest BCUT2D eigenvalue weighted by atomic mass is 32.2. The fourth-order valence-corrected chi connectivity index (χ4v) is 6.06. The largest absolute Gasteiger partial charge is 0.497 e. The summed E-state index contributed by atoms with van der Waals surface area (Å²) < 4.78 is 21.4. The molecule has 2 fully saturated rings. The average molecular weight is 487 g/mol. The van der Waals surface area contributed by atoms with Gasteiger partial charge in [0.05, 0.1) is 38.9 Å². The average Bonchev–Trinajstić information content (AvgIpc) is 3.29. The molecule has 2 aliphatic heterocycles. The minimum atomic E-state index is -0.325. The maximum atomic E-state index is 13.5. The lowest BCUT2D eigenvalue weighted by atomic mass is 9.99. The smallest absolute Gasteiger partial charge is 0.257 e. The number of carbonyl (C=O) groups is 2. The van der Waals surface area contributed by atoms with Gasteiger partial charge in [-0.05, 0) is 37.1 Å². The second kappa shape index (κ2) is 10.0. The first-order valence-corrected chi connectivity index (χ1v) is 12.1. The molecule has 2 aromatic carbocycles. The van der Waals surface area contributed by atoms with E-state index in [0.29, 0.717) is 66.6 Å². The Morgan fingerprint density at radius 1 is 0.794 bits per heavy atom. The predicted octanol–water partition coefficient (Wildman–Crippen LogP) is 3.54. The van der Waals surface area contributed by atoms with Gasteiger partial charge < -0.3 is 28.7 Å². The van der Waals surface area contributed by atoms with Crippen LogP contribution in [-0.2, 0) is 0 Å². The maximum Gasteiger partial charge on any atom is 0.257 e. The fourth-order valence-electron chi connectivity index (χ4n) is 4.60. The summed E-state index contributed by atoms with van der Waals surface area (Å²) in [5.41, 5.74) is 1.05. The van der Waals surface area contributed by atoms with E-state index in [1.54, 1.807) is 76.6 Å². The van der Waals surface area contributed by atoms with Gasteiger partial charge in [-0.15, -0.1) is 11.8 Å². The summed E-state index contributed by atoms with van der Waals surface area (Å²) in [7, 11) is 6.26. The number of likely N-dealkylation sites (tertiary alicyclic amines) is 1. The van der Waals surface area contributed by atoms with Crippen molar-refractivity contribution in [3.05, 3.63) is 47.5 Å². The minimum Gasteiger partial charge on any atom is -0.497 e. The van der Waals surface area contributed by atoms with Crippen LogP contribution in [0.25, 0.3) is 0 Å². The molecule has 182 valence electrons. The zero-order chi connectivity index (χ0) is 24.3. The first-order valence-electron chi connectivity index (χ1n) is 11.1. The molecule has 0 unspecified atom stereocenters. The molecule has 0 radical (unpaired) electrons. The van der Waals surface area contributed by atoms with E-state index in [1.165, 1.54) is 0 Å². The van der Waals surface area contributed by atoms with Crippen molar-refractivity contribution in [1.29, 1.82) is 0 Å². The van der Waals surface area contributed by atoms with Crippen LogP contribution < -0.4 is 18.9 Å². The van der Waals surface area contributed by atoms with E-state index in [-0.39, 0.29) is 16.7 Å². The van der Waals surface area contributed by atoms with E-state index in [4.69, 9.17) is 18.9 Å². The summed E-state index contributed by atoms with van der Waals surface area (Å²) >= 11 is 1.80. The maximum absolute atomic E-state index is 13.5. The summed E-state index contributed by atoms with van der Waals surface area (Å²) in [4.78, 5) is 30.3. The molecule has 0 aliphatic carbocycles. The summed E-state index contributed by atoms with van der Waals surface area (Å²) in [6.45, 7) is 1.79. The number of benzene rings is 2. The molecule has 2 saturated heterocycles. The third kappa shape index (κ3) is 4.49. The normalized spacial score (nSPS) is 16.9. The summed E-state index contributed by atoms with van der Waals surface area (Å²) in [5, 5.41) is 0. The topological polar surface area (TPSA) is 77.5 Å². The highest BCUT2D eigenvalue weighted by molar-refractivity contribution is 8.00. The number of thioether (sulfide) groups is 1. The highest BCUT2D eigenvalue weighted by Gasteiger charge is 2.47. The van der Waals surface area contributed by atoms with Gasteiger partial charge in [-0.3, -0.25) is 9.59 Å². The molecule has 2 amide bonds. The molecule has 0 saturated carbocycles. The Morgan fingerprint density at radius 2 is 1.44 bits per heavy atom. The van der Waals surface area contributed by atoms with E-state index >= 15 is 0 Å². The lowest BCUT2D eigenvalue weighted by Gasteiger charge is -2.44. The first-order chi connectivity index (χ1) is 16.4. The standard InChI is InChI=1S/C25H30N2O6S/c1-30-18-5-6-21(22(16-18)33-4)24(29)26-9-7-25(8-10-26)27(11-12-34-25)23(28)17-13-19(31-2)15-20(14-17)32-3/h5-6,13-16H,7-12H2,1-4H3. The Kier molecular flexibility index (Phi) is 7.11. The molecule has 0 N–H and O–H groups in total. The number of ether oxygens (including phenoxy) is 4. The van der Waals surface area contributed by atoms with Crippen LogP contribution >= 0.6 is 11.8 Å². The number of piperidine rings is 1. The van der Waals surface area contributed by atoms with Crippen LogP contribution in [0.1, 0.15) is 33.6 Å². The molecular weight excluding hydrogens is 456 g/mol.